The Morgan fingerprint density at radius 2 is 2.20 bits per heavy atom. The van der Waals surface area contributed by atoms with Gasteiger partial charge in [-0.3, -0.25) is 9.48 Å². The molecule has 3 unspecified atom stereocenters. The fraction of sp³-hybridized carbons (Fsp3) is 0.692. The highest BCUT2D eigenvalue weighted by molar-refractivity contribution is 7.91. The van der Waals surface area contributed by atoms with Crippen molar-refractivity contribution in [2.75, 3.05) is 6.26 Å². The van der Waals surface area contributed by atoms with Crippen molar-refractivity contribution in [1.82, 2.24) is 15.1 Å². The van der Waals surface area contributed by atoms with Crippen molar-refractivity contribution in [3.8, 4) is 0 Å². The minimum Gasteiger partial charge on any atom is -0.351 e. The molecule has 2 rings (SSSR count). The molecule has 1 aliphatic carbocycles. The fourth-order valence-electron chi connectivity index (χ4n) is 2.62. The van der Waals surface area contributed by atoms with E-state index in [1.54, 1.807) is 30.1 Å². The Labute approximate surface area is 119 Å². The van der Waals surface area contributed by atoms with Gasteiger partial charge in [-0.05, 0) is 32.3 Å². The normalized spacial score (nSPS) is 25.1. The van der Waals surface area contributed by atoms with Gasteiger partial charge < -0.3 is 5.32 Å². The summed E-state index contributed by atoms with van der Waals surface area (Å²) >= 11 is 0. The Morgan fingerprint density at radius 3 is 2.80 bits per heavy atom. The third kappa shape index (κ3) is 3.59. The SMILES string of the molecule is CC(C(=O)NC1CCCC(S(C)(=O)=O)C1)n1cccn1. The van der Waals surface area contributed by atoms with Crippen molar-refractivity contribution in [1.29, 1.82) is 0 Å². The summed E-state index contributed by atoms with van der Waals surface area (Å²) in [5.74, 6) is -0.118. The largest absolute Gasteiger partial charge is 0.351 e. The summed E-state index contributed by atoms with van der Waals surface area (Å²) in [6, 6.07) is 1.32. The van der Waals surface area contributed by atoms with Crippen molar-refractivity contribution in [3.63, 3.8) is 0 Å². The molecular weight excluding hydrogens is 278 g/mol. The summed E-state index contributed by atoms with van der Waals surface area (Å²) < 4.78 is 24.8. The number of nitrogens with one attached hydrogen (secondary N) is 1. The first-order chi connectivity index (χ1) is 9.38. The number of nitrogens with zero attached hydrogens (tertiary/aromatic N) is 2. The molecule has 1 N–H and O–H groups in total. The van der Waals surface area contributed by atoms with E-state index in [0.717, 1.165) is 12.8 Å². The topological polar surface area (TPSA) is 81.1 Å². The van der Waals surface area contributed by atoms with E-state index in [9.17, 15) is 13.2 Å². The molecule has 20 heavy (non-hydrogen) atoms. The van der Waals surface area contributed by atoms with E-state index < -0.39 is 9.84 Å². The number of amides is 1. The number of carbonyl (C=O) groups is 1. The van der Waals surface area contributed by atoms with Gasteiger partial charge in [-0.15, -0.1) is 0 Å². The molecule has 7 heteroatoms. The molecule has 1 aromatic heterocycles. The van der Waals surface area contributed by atoms with E-state index in [-0.39, 0.29) is 23.2 Å². The number of carbonyl (C=O) groups excluding carboxylic acids is 1. The Balaban J connectivity index is 1.94. The van der Waals surface area contributed by atoms with Crippen LogP contribution in [0.4, 0.5) is 0 Å². The van der Waals surface area contributed by atoms with E-state index in [1.807, 2.05) is 0 Å². The average Bonchev–Trinajstić information content (AvgIpc) is 2.91. The minimum atomic E-state index is -3.03. The first-order valence-corrected chi connectivity index (χ1v) is 8.81. The second-order valence-corrected chi connectivity index (χ2v) is 7.81. The van der Waals surface area contributed by atoms with E-state index in [0.29, 0.717) is 12.8 Å². The van der Waals surface area contributed by atoms with Gasteiger partial charge in [0.15, 0.2) is 0 Å². The van der Waals surface area contributed by atoms with Crippen LogP contribution in [0.3, 0.4) is 0 Å². The van der Waals surface area contributed by atoms with Crippen LogP contribution in [-0.2, 0) is 14.6 Å². The van der Waals surface area contributed by atoms with Crippen LogP contribution in [0, 0.1) is 0 Å². The van der Waals surface area contributed by atoms with Crippen LogP contribution >= 0.6 is 0 Å². The zero-order valence-electron chi connectivity index (χ0n) is 11.8. The quantitative estimate of drug-likeness (QED) is 0.896. The molecule has 0 spiro atoms. The first kappa shape index (κ1) is 15.0. The van der Waals surface area contributed by atoms with Crippen LogP contribution in [-0.4, -0.2) is 41.7 Å². The van der Waals surface area contributed by atoms with Crippen molar-refractivity contribution in [2.45, 2.75) is 49.9 Å². The third-order valence-corrected chi connectivity index (χ3v) is 5.52. The van der Waals surface area contributed by atoms with Gasteiger partial charge in [0.1, 0.15) is 15.9 Å². The van der Waals surface area contributed by atoms with Crippen molar-refractivity contribution in [3.05, 3.63) is 18.5 Å². The third-order valence-electron chi connectivity index (χ3n) is 3.88. The standard InChI is InChI=1S/C13H21N3O3S/c1-10(16-8-4-7-14-16)13(17)15-11-5-3-6-12(9-11)20(2,18)19/h4,7-8,10-12H,3,5-6,9H2,1-2H3,(H,15,17). The lowest BCUT2D eigenvalue weighted by Crippen LogP contribution is -2.44. The molecule has 0 aliphatic heterocycles. The Kier molecular flexibility index (Phi) is 4.47. The van der Waals surface area contributed by atoms with Crippen LogP contribution in [0.5, 0.6) is 0 Å². The molecule has 112 valence electrons. The molecule has 0 radical (unpaired) electrons. The lowest BCUT2D eigenvalue weighted by molar-refractivity contribution is -0.125. The number of hydrogen-bond donors (Lipinski definition) is 1. The van der Waals surface area contributed by atoms with Crippen molar-refractivity contribution >= 4 is 15.7 Å². The summed E-state index contributed by atoms with van der Waals surface area (Å²) in [6.07, 6.45) is 7.52. The average molecular weight is 299 g/mol. The molecule has 0 saturated heterocycles. The monoisotopic (exact) mass is 299 g/mol. The van der Waals surface area contributed by atoms with Crippen molar-refractivity contribution in [2.24, 2.45) is 0 Å². The Hall–Kier alpha value is -1.37. The molecule has 1 fully saturated rings. The summed E-state index contributed by atoms with van der Waals surface area (Å²) in [6.45, 7) is 1.78. The molecule has 0 bridgehead atoms. The summed E-state index contributed by atoms with van der Waals surface area (Å²) in [7, 11) is -3.03. The maximum Gasteiger partial charge on any atom is 0.244 e. The number of sulfone groups is 1. The van der Waals surface area contributed by atoms with Gasteiger partial charge in [0.25, 0.3) is 0 Å². The molecule has 1 aromatic rings. The van der Waals surface area contributed by atoms with E-state index in [2.05, 4.69) is 10.4 Å². The van der Waals surface area contributed by atoms with E-state index in [1.165, 1.54) is 6.26 Å². The molecule has 6 nitrogen and oxygen atoms in total. The van der Waals surface area contributed by atoms with Gasteiger partial charge in [0.05, 0.1) is 5.25 Å². The van der Waals surface area contributed by atoms with Gasteiger partial charge in [0.2, 0.25) is 5.91 Å². The number of rotatable bonds is 4. The van der Waals surface area contributed by atoms with Crippen LogP contribution in [0.15, 0.2) is 18.5 Å². The predicted molar refractivity (Wildman–Crippen MR) is 76.0 cm³/mol. The van der Waals surface area contributed by atoms with Crippen LogP contribution < -0.4 is 5.32 Å². The summed E-state index contributed by atoms with van der Waals surface area (Å²) in [4.78, 5) is 12.1. The molecule has 1 heterocycles. The van der Waals surface area contributed by atoms with Gasteiger partial charge in [0, 0.05) is 24.7 Å². The van der Waals surface area contributed by atoms with Crippen LogP contribution in [0.25, 0.3) is 0 Å². The lowest BCUT2D eigenvalue weighted by atomic mass is 9.95. The molecular formula is C13H21N3O3S. The summed E-state index contributed by atoms with van der Waals surface area (Å²) in [5, 5.41) is 6.66. The zero-order chi connectivity index (χ0) is 14.8. The zero-order valence-corrected chi connectivity index (χ0v) is 12.6. The molecule has 1 aliphatic rings. The highest BCUT2D eigenvalue weighted by Gasteiger charge is 2.30. The van der Waals surface area contributed by atoms with Gasteiger partial charge in [-0.25, -0.2) is 8.42 Å². The number of aromatic nitrogens is 2. The Morgan fingerprint density at radius 1 is 1.45 bits per heavy atom. The fourth-order valence-corrected chi connectivity index (χ4v) is 3.79. The molecule has 0 aromatic carbocycles. The van der Waals surface area contributed by atoms with Gasteiger partial charge in [-0.2, -0.15) is 5.10 Å². The highest BCUT2D eigenvalue weighted by atomic mass is 32.2. The summed E-state index contributed by atoms with van der Waals surface area (Å²) in [5.41, 5.74) is 0. The van der Waals surface area contributed by atoms with Crippen LogP contribution in [0.1, 0.15) is 38.6 Å². The first-order valence-electron chi connectivity index (χ1n) is 6.86. The second kappa shape index (κ2) is 5.95. The molecule has 1 saturated carbocycles. The predicted octanol–water partition coefficient (Wildman–Crippen LogP) is 0.916. The lowest BCUT2D eigenvalue weighted by Gasteiger charge is -2.29. The van der Waals surface area contributed by atoms with Crippen LogP contribution in [0.2, 0.25) is 0 Å². The Bertz CT molecular complexity index is 553. The smallest absolute Gasteiger partial charge is 0.244 e. The minimum absolute atomic E-state index is 0.0611. The second-order valence-electron chi connectivity index (χ2n) is 5.49. The van der Waals surface area contributed by atoms with Crippen molar-refractivity contribution < 1.29 is 13.2 Å². The van der Waals surface area contributed by atoms with E-state index in [4.69, 9.17) is 0 Å². The maximum atomic E-state index is 12.1. The van der Waals surface area contributed by atoms with Gasteiger partial charge in [-0.1, -0.05) is 6.42 Å². The van der Waals surface area contributed by atoms with Gasteiger partial charge >= 0.3 is 0 Å². The molecule has 1 amide bonds. The maximum absolute atomic E-state index is 12.1. The highest BCUT2D eigenvalue weighted by Crippen LogP contribution is 2.24. The van der Waals surface area contributed by atoms with E-state index >= 15 is 0 Å². The number of hydrogen-bond acceptors (Lipinski definition) is 4. The molecule has 3 atom stereocenters.